The minimum absolute atomic E-state index is 0.0180. The zero-order valence-electron chi connectivity index (χ0n) is 20.3. The minimum Gasteiger partial charge on any atom is -0.496 e. The number of benzene rings is 2. The number of carbonyl (C=O) groups is 2. The molecule has 1 N–H and O–H groups in total. The monoisotopic (exact) mass is 479 g/mol. The van der Waals surface area contributed by atoms with Crippen LogP contribution in [0.5, 0.6) is 11.5 Å². The molecule has 0 unspecified atom stereocenters. The number of methoxy groups -OCH3 is 2. The molecule has 2 heterocycles. The van der Waals surface area contributed by atoms with Crippen molar-refractivity contribution >= 4 is 22.7 Å². The van der Waals surface area contributed by atoms with Crippen LogP contribution in [0.3, 0.4) is 0 Å². The summed E-state index contributed by atoms with van der Waals surface area (Å²) in [7, 11) is 3.14. The lowest BCUT2D eigenvalue weighted by Crippen LogP contribution is -2.64. The van der Waals surface area contributed by atoms with E-state index in [0.717, 1.165) is 31.1 Å². The average Bonchev–Trinajstić information content (AvgIpc) is 3.50. The Labute approximate surface area is 203 Å². The van der Waals surface area contributed by atoms with Crippen molar-refractivity contribution in [2.75, 3.05) is 14.2 Å². The zero-order chi connectivity index (χ0) is 24.7. The van der Waals surface area contributed by atoms with Crippen molar-refractivity contribution in [3.63, 3.8) is 0 Å². The van der Waals surface area contributed by atoms with E-state index in [1.165, 1.54) is 11.0 Å². The number of nitrogens with one attached hydrogen (secondary N) is 1. The summed E-state index contributed by atoms with van der Waals surface area (Å²) in [6, 6.07) is 11.8. The summed E-state index contributed by atoms with van der Waals surface area (Å²) in [6.07, 6.45) is 3.99. The first-order chi connectivity index (χ1) is 16.9. The molecule has 35 heavy (non-hydrogen) atoms. The van der Waals surface area contributed by atoms with Crippen LogP contribution in [0.4, 0.5) is 4.39 Å². The Balaban J connectivity index is 1.65. The molecule has 1 aliphatic carbocycles. The summed E-state index contributed by atoms with van der Waals surface area (Å²) in [4.78, 5) is 29.3. The van der Waals surface area contributed by atoms with E-state index >= 15 is 0 Å². The molecule has 184 valence electrons. The van der Waals surface area contributed by atoms with Gasteiger partial charge in [-0.2, -0.15) is 0 Å². The summed E-state index contributed by atoms with van der Waals surface area (Å²) in [5, 5.41) is 3.89. The Kier molecular flexibility index (Phi) is 5.91. The molecule has 7 nitrogen and oxygen atoms in total. The number of amides is 2. The molecular formula is C27H30FN3O4. The number of rotatable bonds is 6. The Morgan fingerprint density at radius 3 is 2.49 bits per heavy atom. The molecule has 0 spiro atoms. The van der Waals surface area contributed by atoms with Gasteiger partial charge in [-0.1, -0.05) is 31.0 Å². The van der Waals surface area contributed by atoms with Crippen molar-refractivity contribution in [3.05, 3.63) is 59.5 Å². The van der Waals surface area contributed by atoms with E-state index < -0.39 is 11.4 Å². The second-order valence-electron chi connectivity index (χ2n) is 9.56. The van der Waals surface area contributed by atoms with Crippen molar-refractivity contribution in [3.8, 4) is 11.5 Å². The smallest absolute Gasteiger partial charge is 0.271 e. The third-order valence-electron chi connectivity index (χ3n) is 7.41. The van der Waals surface area contributed by atoms with Crippen LogP contribution >= 0.6 is 0 Å². The van der Waals surface area contributed by atoms with Gasteiger partial charge in [0.05, 0.1) is 32.8 Å². The molecule has 1 fully saturated rings. The van der Waals surface area contributed by atoms with Gasteiger partial charge < -0.3 is 24.3 Å². The first kappa shape index (κ1) is 23.2. The molecule has 1 aromatic heterocycles. The minimum atomic E-state index is -1.24. The van der Waals surface area contributed by atoms with Crippen molar-refractivity contribution in [1.82, 2.24) is 14.8 Å². The first-order valence-electron chi connectivity index (χ1n) is 12.0. The van der Waals surface area contributed by atoms with Crippen LogP contribution in [0.1, 0.15) is 48.7 Å². The highest BCUT2D eigenvalue weighted by atomic mass is 19.1. The Hall–Kier alpha value is -3.55. The van der Waals surface area contributed by atoms with Crippen LogP contribution in [0.15, 0.2) is 42.5 Å². The van der Waals surface area contributed by atoms with Crippen molar-refractivity contribution < 1.29 is 23.5 Å². The van der Waals surface area contributed by atoms with Gasteiger partial charge in [0.15, 0.2) is 0 Å². The van der Waals surface area contributed by atoms with Gasteiger partial charge in [-0.05, 0) is 44.0 Å². The summed E-state index contributed by atoms with van der Waals surface area (Å²) >= 11 is 0. The Bertz CT molecular complexity index is 1300. The van der Waals surface area contributed by atoms with Gasteiger partial charge in [-0.3, -0.25) is 9.59 Å². The van der Waals surface area contributed by atoms with Crippen molar-refractivity contribution in [1.29, 1.82) is 0 Å². The number of ether oxygens (including phenoxy) is 2. The molecule has 8 heteroatoms. The second kappa shape index (κ2) is 8.91. The highest BCUT2D eigenvalue weighted by Gasteiger charge is 2.48. The lowest BCUT2D eigenvalue weighted by atomic mass is 9.93. The standard InChI is InChI=1S/C27H30FN3O4/c1-27(26(33)29-18-9-5-6-10-18)16-30-21(14-19-22(34-2)12-13-23(35-3)24(19)30)25(32)31(27)15-17-8-4-7-11-20(17)28/h4,7-8,11-14,18H,5-6,9-10,15-16H2,1-3H3,(H,29,33)/t27-/m1/s1. The molecule has 5 rings (SSSR count). The molecular weight excluding hydrogens is 449 g/mol. The van der Waals surface area contributed by atoms with Crippen LogP contribution in [-0.4, -0.2) is 47.1 Å². The van der Waals surface area contributed by atoms with Gasteiger partial charge in [-0.15, -0.1) is 0 Å². The lowest BCUT2D eigenvalue weighted by Gasteiger charge is -2.44. The van der Waals surface area contributed by atoms with Gasteiger partial charge in [0.25, 0.3) is 5.91 Å². The van der Waals surface area contributed by atoms with Gasteiger partial charge >= 0.3 is 0 Å². The van der Waals surface area contributed by atoms with Gasteiger partial charge in [0.1, 0.15) is 28.5 Å². The molecule has 2 aromatic carbocycles. The molecule has 1 saturated carbocycles. The molecule has 0 saturated heterocycles. The number of carbonyl (C=O) groups excluding carboxylic acids is 2. The summed E-state index contributed by atoms with van der Waals surface area (Å²) in [5.41, 5.74) is 0.223. The van der Waals surface area contributed by atoms with E-state index in [4.69, 9.17) is 9.47 Å². The van der Waals surface area contributed by atoms with Crippen LogP contribution in [-0.2, 0) is 17.9 Å². The fraction of sp³-hybridized carbons (Fsp3) is 0.407. The first-order valence-corrected chi connectivity index (χ1v) is 12.0. The quantitative estimate of drug-likeness (QED) is 0.573. The average molecular weight is 480 g/mol. The third kappa shape index (κ3) is 3.81. The van der Waals surface area contributed by atoms with Gasteiger partial charge in [-0.25, -0.2) is 4.39 Å². The fourth-order valence-electron chi connectivity index (χ4n) is 5.41. The molecule has 0 bridgehead atoms. The number of hydrogen-bond acceptors (Lipinski definition) is 4. The number of aromatic nitrogens is 1. The van der Waals surface area contributed by atoms with Gasteiger partial charge in [0, 0.05) is 17.0 Å². The van der Waals surface area contributed by atoms with Crippen molar-refractivity contribution in [2.45, 2.75) is 57.3 Å². The zero-order valence-corrected chi connectivity index (χ0v) is 20.3. The van der Waals surface area contributed by atoms with E-state index in [1.807, 2.05) is 4.57 Å². The SMILES string of the molecule is COc1ccc(OC)c2c1cc1n2C[C@](C)(C(=O)NC2CCCC2)N(Cc2ccccc2F)C1=O. The summed E-state index contributed by atoms with van der Waals surface area (Å²) in [6.45, 7) is 1.95. The maximum absolute atomic E-state index is 14.6. The molecule has 2 aliphatic rings. The van der Waals surface area contributed by atoms with E-state index in [2.05, 4.69) is 5.32 Å². The molecule has 0 radical (unpaired) electrons. The van der Waals surface area contributed by atoms with Crippen molar-refractivity contribution in [2.24, 2.45) is 0 Å². The van der Waals surface area contributed by atoms with E-state index in [-0.39, 0.29) is 30.9 Å². The highest BCUT2D eigenvalue weighted by molar-refractivity contribution is 6.05. The Morgan fingerprint density at radius 1 is 1.11 bits per heavy atom. The van der Waals surface area contributed by atoms with Crippen LogP contribution in [0, 0.1) is 5.82 Å². The molecule has 1 aliphatic heterocycles. The second-order valence-corrected chi connectivity index (χ2v) is 9.56. The van der Waals surface area contributed by atoms with Crippen LogP contribution in [0.25, 0.3) is 10.9 Å². The maximum atomic E-state index is 14.6. The number of nitrogens with zero attached hydrogens (tertiary/aromatic N) is 2. The predicted octanol–water partition coefficient (Wildman–Crippen LogP) is 4.27. The number of halogens is 1. The Morgan fingerprint density at radius 2 is 1.80 bits per heavy atom. The largest absolute Gasteiger partial charge is 0.496 e. The number of hydrogen-bond donors (Lipinski definition) is 1. The molecule has 3 aromatic rings. The van der Waals surface area contributed by atoms with E-state index in [9.17, 15) is 14.0 Å². The molecule has 2 amide bonds. The van der Waals surface area contributed by atoms with Gasteiger partial charge in [0.2, 0.25) is 5.91 Å². The maximum Gasteiger partial charge on any atom is 0.271 e. The summed E-state index contributed by atoms with van der Waals surface area (Å²) < 4.78 is 27.6. The molecule has 1 atom stereocenters. The lowest BCUT2D eigenvalue weighted by molar-refractivity contribution is -0.133. The van der Waals surface area contributed by atoms with Crippen LogP contribution in [0.2, 0.25) is 0 Å². The topological polar surface area (TPSA) is 72.8 Å². The normalized spacial score (nSPS) is 20.2. The predicted molar refractivity (Wildman–Crippen MR) is 130 cm³/mol. The third-order valence-corrected chi connectivity index (χ3v) is 7.41. The summed E-state index contributed by atoms with van der Waals surface area (Å²) in [5.74, 6) is 0.204. The van der Waals surface area contributed by atoms with E-state index in [1.54, 1.807) is 57.5 Å². The van der Waals surface area contributed by atoms with Crippen LogP contribution < -0.4 is 14.8 Å². The fourth-order valence-corrected chi connectivity index (χ4v) is 5.41. The van der Waals surface area contributed by atoms with E-state index in [0.29, 0.717) is 28.3 Å². The number of fused-ring (bicyclic) bond motifs is 3. The highest BCUT2D eigenvalue weighted by Crippen LogP contribution is 2.40.